The van der Waals surface area contributed by atoms with Gasteiger partial charge in [-0.15, -0.1) is 0 Å². The van der Waals surface area contributed by atoms with Crippen molar-refractivity contribution in [3.8, 4) is 5.75 Å². The summed E-state index contributed by atoms with van der Waals surface area (Å²) >= 11 is 0. The highest BCUT2D eigenvalue weighted by Gasteiger charge is 1.98. The molecular weight excluding hydrogens is 172 g/mol. The van der Waals surface area contributed by atoms with Crippen LogP contribution in [-0.2, 0) is 0 Å². The quantitative estimate of drug-likeness (QED) is 0.682. The zero-order chi connectivity index (χ0) is 11.1. The smallest absolute Gasteiger partial charge is 0.119 e. The van der Waals surface area contributed by atoms with Crippen LogP contribution in [0.2, 0.25) is 0 Å². The third-order valence-electron chi connectivity index (χ3n) is 1.85. The Balaban J connectivity index is 0. The molecule has 0 bridgehead atoms. The molecule has 0 aromatic heterocycles. The van der Waals surface area contributed by atoms with Crippen LogP contribution >= 0.6 is 0 Å². The van der Waals surface area contributed by atoms with Crippen LogP contribution in [0.1, 0.15) is 40.2 Å². The fraction of sp³-hybridized carbons (Fsp3) is 0.538. The molecule has 82 valence electrons. The molecule has 1 aromatic rings. The first-order valence-corrected chi connectivity index (χ1v) is 5.33. The summed E-state index contributed by atoms with van der Waals surface area (Å²) in [7, 11) is 0. The summed E-state index contributed by atoms with van der Waals surface area (Å²) < 4.78 is 5.55. The molecule has 0 unspecified atom stereocenters. The van der Waals surface area contributed by atoms with E-state index < -0.39 is 0 Å². The van der Waals surface area contributed by atoms with Crippen LogP contribution in [0.4, 0.5) is 0 Å². The topological polar surface area (TPSA) is 9.23 Å². The molecule has 1 nitrogen and oxygen atoms in total. The zero-order valence-electron chi connectivity index (χ0n) is 10.2. The van der Waals surface area contributed by atoms with Crippen molar-refractivity contribution in [2.45, 2.75) is 47.6 Å². The van der Waals surface area contributed by atoms with Crippen LogP contribution in [0.5, 0.6) is 5.75 Å². The Bertz CT molecular complexity index is 269. The molecule has 1 aromatic carbocycles. The van der Waals surface area contributed by atoms with E-state index in [0.29, 0.717) is 0 Å². The molecule has 0 aliphatic rings. The van der Waals surface area contributed by atoms with Crippen LogP contribution in [0.15, 0.2) is 18.2 Å². The second kappa shape index (κ2) is 6.47. The maximum absolute atomic E-state index is 5.55. The van der Waals surface area contributed by atoms with Crippen molar-refractivity contribution in [3.05, 3.63) is 29.3 Å². The van der Waals surface area contributed by atoms with Gasteiger partial charge in [0.2, 0.25) is 0 Å². The number of hydrogen-bond acceptors (Lipinski definition) is 1. The van der Waals surface area contributed by atoms with Crippen LogP contribution in [0.25, 0.3) is 0 Å². The first-order chi connectivity index (χ1) is 6.59. The molecule has 1 rings (SSSR count). The number of aryl methyl sites for hydroxylation is 2. The first kappa shape index (κ1) is 13.0. The van der Waals surface area contributed by atoms with Crippen molar-refractivity contribution in [2.75, 3.05) is 0 Å². The van der Waals surface area contributed by atoms with E-state index in [9.17, 15) is 0 Å². The zero-order valence-corrected chi connectivity index (χ0v) is 10.2. The van der Waals surface area contributed by atoms with Crippen LogP contribution in [0.3, 0.4) is 0 Å². The Hall–Kier alpha value is -0.980. The van der Waals surface area contributed by atoms with Crippen LogP contribution < -0.4 is 4.74 Å². The van der Waals surface area contributed by atoms with Crippen molar-refractivity contribution in [1.29, 1.82) is 0 Å². The standard InChI is InChI=1S/C11H16O.C2H6.H2/c1-8(2)12-11-6-5-9(3)10(4)7-11;1-2;/h5-8H,1-4H3;1-2H3;1H. The van der Waals surface area contributed by atoms with E-state index in [1.165, 1.54) is 11.1 Å². The van der Waals surface area contributed by atoms with Crippen molar-refractivity contribution in [2.24, 2.45) is 0 Å². The lowest BCUT2D eigenvalue weighted by Gasteiger charge is -2.10. The molecular formula is C13H24O. The molecule has 0 aliphatic heterocycles. The van der Waals surface area contributed by atoms with Gasteiger partial charge in [-0.1, -0.05) is 19.9 Å². The lowest BCUT2D eigenvalue weighted by molar-refractivity contribution is 0.242. The molecule has 1 heteroatoms. The van der Waals surface area contributed by atoms with Gasteiger partial charge in [0.25, 0.3) is 0 Å². The van der Waals surface area contributed by atoms with E-state index in [-0.39, 0.29) is 7.53 Å². The number of benzene rings is 1. The number of ether oxygens (including phenoxy) is 1. The Morgan fingerprint density at radius 3 is 2.07 bits per heavy atom. The van der Waals surface area contributed by atoms with Gasteiger partial charge in [0.1, 0.15) is 5.75 Å². The fourth-order valence-electron chi connectivity index (χ4n) is 1.06. The average molecular weight is 196 g/mol. The summed E-state index contributed by atoms with van der Waals surface area (Å²) in [6.45, 7) is 12.3. The summed E-state index contributed by atoms with van der Waals surface area (Å²) in [5, 5.41) is 0. The van der Waals surface area contributed by atoms with Crippen molar-refractivity contribution in [3.63, 3.8) is 0 Å². The third kappa shape index (κ3) is 4.31. The van der Waals surface area contributed by atoms with E-state index in [1.807, 2.05) is 33.8 Å². The van der Waals surface area contributed by atoms with Gasteiger partial charge in [-0.25, -0.2) is 0 Å². The molecule has 0 saturated heterocycles. The van der Waals surface area contributed by atoms with E-state index in [1.54, 1.807) is 0 Å². The highest BCUT2D eigenvalue weighted by Crippen LogP contribution is 2.17. The van der Waals surface area contributed by atoms with Gasteiger partial charge in [-0.2, -0.15) is 0 Å². The summed E-state index contributed by atoms with van der Waals surface area (Å²) in [6, 6.07) is 6.19. The first-order valence-electron chi connectivity index (χ1n) is 5.33. The monoisotopic (exact) mass is 196 g/mol. The van der Waals surface area contributed by atoms with Gasteiger partial charge < -0.3 is 4.74 Å². The molecule has 0 atom stereocenters. The summed E-state index contributed by atoms with van der Waals surface area (Å²) in [6.07, 6.45) is 0.257. The molecule has 0 fully saturated rings. The van der Waals surface area contributed by atoms with Gasteiger partial charge >= 0.3 is 0 Å². The molecule has 0 radical (unpaired) electrons. The Morgan fingerprint density at radius 1 is 1.07 bits per heavy atom. The maximum Gasteiger partial charge on any atom is 0.119 e. The molecule has 0 amide bonds. The van der Waals surface area contributed by atoms with Crippen molar-refractivity contribution < 1.29 is 6.16 Å². The summed E-state index contributed by atoms with van der Waals surface area (Å²) in [5.41, 5.74) is 2.60. The van der Waals surface area contributed by atoms with Gasteiger partial charge in [0.05, 0.1) is 6.10 Å². The largest absolute Gasteiger partial charge is 0.491 e. The minimum Gasteiger partial charge on any atom is -0.491 e. The van der Waals surface area contributed by atoms with E-state index in [4.69, 9.17) is 4.74 Å². The molecule has 0 saturated carbocycles. The van der Waals surface area contributed by atoms with Crippen LogP contribution in [-0.4, -0.2) is 6.10 Å². The Labute approximate surface area is 89.6 Å². The highest BCUT2D eigenvalue weighted by molar-refractivity contribution is 5.33. The minimum atomic E-state index is 0. The predicted octanol–water partition coefficient (Wildman–Crippen LogP) is 4.36. The van der Waals surface area contributed by atoms with Crippen molar-refractivity contribution in [1.82, 2.24) is 0 Å². The molecule has 0 spiro atoms. The SMILES string of the molecule is CC.Cc1ccc(OC(C)C)cc1C.[HH]. The summed E-state index contributed by atoms with van der Waals surface area (Å²) in [5.74, 6) is 0.966. The molecule has 0 N–H and O–H groups in total. The lowest BCUT2D eigenvalue weighted by atomic mass is 10.1. The normalized spacial score (nSPS) is 9.36. The fourth-order valence-corrected chi connectivity index (χ4v) is 1.06. The van der Waals surface area contributed by atoms with Crippen LogP contribution in [0, 0.1) is 13.8 Å². The molecule has 0 heterocycles. The van der Waals surface area contributed by atoms with E-state index in [2.05, 4.69) is 26.0 Å². The second-order valence-electron chi connectivity index (χ2n) is 3.41. The Morgan fingerprint density at radius 2 is 1.64 bits per heavy atom. The van der Waals surface area contributed by atoms with E-state index in [0.717, 1.165) is 5.75 Å². The molecule has 14 heavy (non-hydrogen) atoms. The van der Waals surface area contributed by atoms with Gasteiger partial charge in [-0.05, 0) is 51.0 Å². The third-order valence-corrected chi connectivity index (χ3v) is 1.85. The highest BCUT2D eigenvalue weighted by atomic mass is 16.5. The maximum atomic E-state index is 5.55. The lowest BCUT2D eigenvalue weighted by Crippen LogP contribution is -2.05. The van der Waals surface area contributed by atoms with Crippen molar-refractivity contribution >= 4 is 0 Å². The van der Waals surface area contributed by atoms with Gasteiger partial charge in [-0.3, -0.25) is 0 Å². The van der Waals surface area contributed by atoms with Gasteiger partial charge in [0.15, 0.2) is 0 Å². The average Bonchev–Trinajstić information content (AvgIpc) is 2.14. The number of hydrogen-bond donors (Lipinski definition) is 0. The predicted molar refractivity (Wildman–Crippen MR) is 65.1 cm³/mol. The van der Waals surface area contributed by atoms with E-state index >= 15 is 0 Å². The second-order valence-corrected chi connectivity index (χ2v) is 3.41. The Kier molecular flexibility index (Phi) is 6.02. The number of rotatable bonds is 2. The van der Waals surface area contributed by atoms with Gasteiger partial charge in [0, 0.05) is 1.43 Å². The summed E-state index contributed by atoms with van der Waals surface area (Å²) in [4.78, 5) is 0. The minimum absolute atomic E-state index is 0. The molecule has 0 aliphatic carbocycles.